The normalized spacial score (nSPS) is 31.5. The fourth-order valence-corrected chi connectivity index (χ4v) is 2.14. The zero-order valence-corrected chi connectivity index (χ0v) is 9.69. The highest BCUT2D eigenvalue weighted by molar-refractivity contribution is 9.12. The minimum Gasteiger partial charge on any atom is -0.300 e. The SMILES string of the molecule is CC(=O)[C@@H]1C[C@H]1CC(Br)CBr. The van der Waals surface area contributed by atoms with E-state index in [1.165, 1.54) is 0 Å². The lowest BCUT2D eigenvalue weighted by molar-refractivity contribution is -0.118. The zero-order valence-electron chi connectivity index (χ0n) is 6.52. The van der Waals surface area contributed by atoms with Gasteiger partial charge in [-0.3, -0.25) is 4.79 Å². The molecular weight excluding hydrogens is 272 g/mol. The van der Waals surface area contributed by atoms with E-state index in [2.05, 4.69) is 31.9 Å². The number of carbonyl (C=O) groups is 1. The number of alkyl halides is 2. The van der Waals surface area contributed by atoms with Crippen molar-refractivity contribution in [3.05, 3.63) is 0 Å². The summed E-state index contributed by atoms with van der Waals surface area (Å²) >= 11 is 6.93. The van der Waals surface area contributed by atoms with E-state index in [-0.39, 0.29) is 0 Å². The van der Waals surface area contributed by atoms with Gasteiger partial charge in [-0.25, -0.2) is 0 Å². The van der Waals surface area contributed by atoms with E-state index < -0.39 is 0 Å². The molecule has 11 heavy (non-hydrogen) atoms. The first-order valence-electron chi connectivity index (χ1n) is 3.85. The average molecular weight is 284 g/mol. The van der Waals surface area contributed by atoms with Crippen LogP contribution in [0.2, 0.25) is 0 Å². The Balaban J connectivity index is 2.18. The van der Waals surface area contributed by atoms with E-state index in [1.54, 1.807) is 6.92 Å². The average Bonchev–Trinajstić information content (AvgIpc) is 2.67. The minimum absolute atomic E-state index is 0.365. The Labute approximate surface area is 84.2 Å². The molecule has 1 nitrogen and oxygen atoms in total. The number of carbonyl (C=O) groups excluding carboxylic acids is 1. The van der Waals surface area contributed by atoms with E-state index in [0.29, 0.717) is 22.4 Å². The first-order valence-corrected chi connectivity index (χ1v) is 5.89. The van der Waals surface area contributed by atoms with Crippen LogP contribution in [0.4, 0.5) is 0 Å². The number of rotatable bonds is 4. The molecule has 3 atom stereocenters. The summed E-state index contributed by atoms with van der Waals surface area (Å²) in [6, 6.07) is 0. The maximum atomic E-state index is 10.9. The Hall–Kier alpha value is 0.630. The molecule has 0 radical (unpaired) electrons. The third-order valence-electron chi connectivity index (χ3n) is 2.17. The summed E-state index contributed by atoms with van der Waals surface area (Å²) in [4.78, 5) is 11.4. The van der Waals surface area contributed by atoms with Crippen molar-refractivity contribution in [2.45, 2.75) is 24.6 Å². The highest BCUT2D eigenvalue weighted by Crippen LogP contribution is 2.43. The molecule has 0 aromatic carbocycles. The van der Waals surface area contributed by atoms with Gasteiger partial charge >= 0.3 is 0 Å². The molecule has 1 aliphatic rings. The first kappa shape index (κ1) is 9.72. The van der Waals surface area contributed by atoms with Crippen molar-refractivity contribution in [2.75, 3.05) is 5.33 Å². The summed E-state index contributed by atoms with van der Waals surface area (Å²) in [5.41, 5.74) is 0. The van der Waals surface area contributed by atoms with Crippen LogP contribution in [0.15, 0.2) is 0 Å². The van der Waals surface area contributed by atoms with Gasteiger partial charge in [-0.2, -0.15) is 0 Å². The molecule has 0 bridgehead atoms. The molecule has 0 amide bonds. The van der Waals surface area contributed by atoms with Crippen molar-refractivity contribution in [2.24, 2.45) is 11.8 Å². The third kappa shape index (κ3) is 2.86. The Morgan fingerprint density at radius 2 is 2.36 bits per heavy atom. The molecule has 1 saturated carbocycles. The Morgan fingerprint density at radius 3 is 2.73 bits per heavy atom. The van der Waals surface area contributed by atoms with E-state index >= 15 is 0 Å². The van der Waals surface area contributed by atoms with Gasteiger partial charge in [-0.1, -0.05) is 31.9 Å². The lowest BCUT2D eigenvalue weighted by atomic mass is 10.1. The van der Waals surface area contributed by atoms with Crippen LogP contribution in [0.25, 0.3) is 0 Å². The van der Waals surface area contributed by atoms with Gasteiger partial charge in [0, 0.05) is 16.1 Å². The lowest BCUT2D eigenvalue weighted by Gasteiger charge is -2.02. The highest BCUT2D eigenvalue weighted by Gasteiger charge is 2.40. The molecule has 0 aliphatic heterocycles. The Bertz CT molecular complexity index is 158. The number of ketones is 1. The summed E-state index contributed by atoms with van der Waals surface area (Å²) in [5.74, 6) is 1.41. The summed E-state index contributed by atoms with van der Waals surface area (Å²) in [5, 5.41) is 0.980. The van der Waals surface area contributed by atoms with Crippen molar-refractivity contribution in [3.63, 3.8) is 0 Å². The largest absolute Gasteiger partial charge is 0.300 e. The van der Waals surface area contributed by atoms with Crippen LogP contribution in [0, 0.1) is 11.8 Å². The third-order valence-corrected chi connectivity index (χ3v) is 4.52. The van der Waals surface area contributed by atoms with E-state index in [4.69, 9.17) is 0 Å². The van der Waals surface area contributed by atoms with Crippen LogP contribution < -0.4 is 0 Å². The van der Waals surface area contributed by atoms with E-state index in [1.807, 2.05) is 0 Å². The second kappa shape index (κ2) is 4.04. The second-order valence-electron chi connectivity index (χ2n) is 3.20. The molecule has 0 aromatic rings. The Morgan fingerprint density at radius 1 is 1.73 bits per heavy atom. The molecule has 1 rings (SSSR count). The van der Waals surface area contributed by atoms with Crippen molar-refractivity contribution in [3.8, 4) is 0 Å². The molecule has 0 saturated heterocycles. The molecular formula is C8H12Br2O. The molecule has 64 valence electrons. The maximum Gasteiger partial charge on any atom is 0.133 e. The number of hydrogen-bond acceptors (Lipinski definition) is 1. The Kier molecular flexibility index (Phi) is 3.56. The standard InChI is InChI=1S/C8H12Br2O/c1-5(11)8-3-6(8)2-7(10)4-9/h6-8H,2-4H2,1H3/t6-,7?,8+/m1/s1. The lowest BCUT2D eigenvalue weighted by Crippen LogP contribution is -2.03. The van der Waals surface area contributed by atoms with Gasteiger partial charge in [0.05, 0.1) is 0 Å². The number of halogens is 2. The molecule has 0 aromatic heterocycles. The van der Waals surface area contributed by atoms with Crippen molar-refractivity contribution < 1.29 is 4.79 Å². The van der Waals surface area contributed by atoms with Gasteiger partial charge in [-0.15, -0.1) is 0 Å². The predicted octanol–water partition coefficient (Wildman–Crippen LogP) is 2.76. The highest BCUT2D eigenvalue weighted by atomic mass is 79.9. The summed E-state index contributed by atoms with van der Waals surface area (Å²) in [6.45, 7) is 1.70. The van der Waals surface area contributed by atoms with Crippen LogP contribution in [0.3, 0.4) is 0 Å². The molecule has 1 unspecified atom stereocenters. The fourth-order valence-electron chi connectivity index (χ4n) is 1.40. The smallest absolute Gasteiger partial charge is 0.133 e. The van der Waals surface area contributed by atoms with Crippen LogP contribution in [-0.2, 0) is 4.79 Å². The van der Waals surface area contributed by atoms with E-state index in [0.717, 1.165) is 18.2 Å². The fraction of sp³-hybridized carbons (Fsp3) is 0.875. The van der Waals surface area contributed by atoms with Crippen molar-refractivity contribution >= 4 is 37.6 Å². The second-order valence-corrected chi connectivity index (χ2v) is 5.14. The molecule has 0 spiro atoms. The number of hydrogen-bond donors (Lipinski definition) is 0. The van der Waals surface area contributed by atoms with Crippen LogP contribution in [0.5, 0.6) is 0 Å². The quantitative estimate of drug-likeness (QED) is 0.725. The summed E-state index contributed by atoms with van der Waals surface area (Å²) < 4.78 is 0. The van der Waals surface area contributed by atoms with Crippen LogP contribution in [-0.4, -0.2) is 15.9 Å². The topological polar surface area (TPSA) is 17.1 Å². The van der Waals surface area contributed by atoms with Crippen molar-refractivity contribution in [1.82, 2.24) is 0 Å². The molecule has 1 aliphatic carbocycles. The predicted molar refractivity (Wildman–Crippen MR) is 53.4 cm³/mol. The van der Waals surface area contributed by atoms with Crippen LogP contribution in [0.1, 0.15) is 19.8 Å². The van der Waals surface area contributed by atoms with Gasteiger partial charge in [-0.05, 0) is 25.7 Å². The zero-order chi connectivity index (χ0) is 8.43. The monoisotopic (exact) mass is 282 g/mol. The maximum absolute atomic E-state index is 10.9. The van der Waals surface area contributed by atoms with Gasteiger partial charge in [0.25, 0.3) is 0 Å². The van der Waals surface area contributed by atoms with Gasteiger partial charge in [0.1, 0.15) is 5.78 Å². The van der Waals surface area contributed by atoms with Gasteiger partial charge < -0.3 is 0 Å². The molecule has 0 heterocycles. The molecule has 3 heteroatoms. The minimum atomic E-state index is 0.365. The van der Waals surface area contributed by atoms with Gasteiger partial charge in [0.15, 0.2) is 0 Å². The van der Waals surface area contributed by atoms with Crippen LogP contribution >= 0.6 is 31.9 Å². The number of Topliss-reactive ketones (excluding diaryl/α,β-unsaturated/α-hetero) is 1. The van der Waals surface area contributed by atoms with Crippen molar-refractivity contribution in [1.29, 1.82) is 0 Å². The summed E-state index contributed by atoms with van der Waals surface area (Å²) in [6.07, 6.45) is 2.25. The molecule has 1 fully saturated rings. The van der Waals surface area contributed by atoms with Gasteiger partial charge in [0.2, 0.25) is 0 Å². The first-order chi connectivity index (χ1) is 5.15. The summed E-state index contributed by atoms with van der Waals surface area (Å²) in [7, 11) is 0. The molecule has 0 N–H and O–H groups in total. The van der Waals surface area contributed by atoms with E-state index in [9.17, 15) is 4.79 Å².